The molecule has 2 aliphatic rings. The lowest BCUT2D eigenvalue weighted by Gasteiger charge is -2.20. The van der Waals surface area contributed by atoms with Crippen molar-refractivity contribution in [2.24, 2.45) is 5.92 Å². The van der Waals surface area contributed by atoms with Gasteiger partial charge in [0.15, 0.2) is 0 Å². The summed E-state index contributed by atoms with van der Waals surface area (Å²) in [5, 5.41) is 7.38. The molecule has 166 valence electrons. The third-order valence-electron chi connectivity index (χ3n) is 6.28. The van der Waals surface area contributed by atoms with Gasteiger partial charge in [0.25, 0.3) is 5.91 Å². The highest BCUT2D eigenvalue weighted by Crippen LogP contribution is 2.39. The molecule has 7 heteroatoms. The standard InChI is InChI=1S/C24H29ClN2O3S/c1-30-19-12-11-15(13-18(19)25)14-26-23(29)21-17-9-5-6-10-20(17)31-24(21)27-22(28)16-7-3-2-4-8-16/h11-13,16H,2-10,14H2,1H3,(H,26,29)(H,27,28). The Morgan fingerprint density at radius 2 is 1.90 bits per heavy atom. The Morgan fingerprint density at radius 3 is 2.65 bits per heavy atom. The van der Waals surface area contributed by atoms with Crippen LogP contribution in [0, 0.1) is 5.92 Å². The molecule has 1 aromatic heterocycles. The molecule has 31 heavy (non-hydrogen) atoms. The van der Waals surface area contributed by atoms with Gasteiger partial charge in [-0.2, -0.15) is 0 Å². The average Bonchev–Trinajstić information content (AvgIpc) is 3.16. The highest BCUT2D eigenvalue weighted by atomic mass is 35.5. The van der Waals surface area contributed by atoms with Crippen LogP contribution in [0.25, 0.3) is 0 Å². The lowest BCUT2D eigenvalue weighted by molar-refractivity contribution is -0.120. The van der Waals surface area contributed by atoms with Crippen molar-refractivity contribution in [1.29, 1.82) is 0 Å². The van der Waals surface area contributed by atoms with Gasteiger partial charge in [-0.3, -0.25) is 9.59 Å². The van der Waals surface area contributed by atoms with E-state index in [2.05, 4.69) is 10.6 Å². The molecule has 2 aliphatic carbocycles. The summed E-state index contributed by atoms with van der Waals surface area (Å²) >= 11 is 7.79. The number of ether oxygens (including phenoxy) is 1. The number of rotatable bonds is 6. The largest absolute Gasteiger partial charge is 0.495 e. The van der Waals surface area contributed by atoms with Crippen molar-refractivity contribution in [2.75, 3.05) is 12.4 Å². The number of anilines is 1. The Bertz CT molecular complexity index is 966. The summed E-state index contributed by atoms with van der Waals surface area (Å²) in [6.45, 7) is 0.364. The van der Waals surface area contributed by atoms with Crippen LogP contribution in [0.15, 0.2) is 18.2 Å². The number of fused-ring (bicyclic) bond motifs is 1. The van der Waals surface area contributed by atoms with Crippen molar-refractivity contribution >= 4 is 39.8 Å². The number of carbonyl (C=O) groups excluding carboxylic acids is 2. The van der Waals surface area contributed by atoms with Gasteiger partial charge >= 0.3 is 0 Å². The highest BCUT2D eigenvalue weighted by Gasteiger charge is 2.28. The van der Waals surface area contributed by atoms with Crippen molar-refractivity contribution in [2.45, 2.75) is 64.3 Å². The van der Waals surface area contributed by atoms with E-state index in [1.807, 2.05) is 6.07 Å². The number of thiophene rings is 1. The molecule has 0 saturated heterocycles. The molecule has 2 N–H and O–H groups in total. The number of nitrogens with one attached hydrogen (secondary N) is 2. The van der Waals surface area contributed by atoms with Gasteiger partial charge in [-0.25, -0.2) is 0 Å². The number of aryl methyl sites for hydroxylation is 1. The van der Waals surface area contributed by atoms with Crippen LogP contribution >= 0.6 is 22.9 Å². The van der Waals surface area contributed by atoms with E-state index in [1.165, 1.54) is 11.3 Å². The second kappa shape index (κ2) is 10.0. The Balaban J connectivity index is 1.51. The molecule has 0 spiro atoms. The zero-order chi connectivity index (χ0) is 21.8. The maximum atomic E-state index is 13.2. The molecule has 0 aliphatic heterocycles. The summed E-state index contributed by atoms with van der Waals surface area (Å²) in [7, 11) is 1.57. The van der Waals surface area contributed by atoms with E-state index in [4.69, 9.17) is 16.3 Å². The summed E-state index contributed by atoms with van der Waals surface area (Å²) in [6.07, 6.45) is 9.39. The predicted molar refractivity (Wildman–Crippen MR) is 125 cm³/mol. The number of halogens is 1. The topological polar surface area (TPSA) is 67.4 Å². The van der Waals surface area contributed by atoms with Gasteiger partial charge in [0.1, 0.15) is 10.8 Å². The number of methoxy groups -OCH3 is 1. The summed E-state index contributed by atoms with van der Waals surface area (Å²) in [4.78, 5) is 27.3. The van der Waals surface area contributed by atoms with Gasteiger partial charge in [-0.1, -0.05) is 36.9 Å². The molecule has 2 aromatic rings. The molecule has 1 fully saturated rings. The molecule has 0 radical (unpaired) electrons. The highest BCUT2D eigenvalue weighted by molar-refractivity contribution is 7.17. The van der Waals surface area contributed by atoms with E-state index in [0.717, 1.165) is 62.5 Å². The van der Waals surface area contributed by atoms with E-state index in [0.29, 0.717) is 27.9 Å². The Kier molecular flexibility index (Phi) is 7.18. The minimum atomic E-state index is -0.134. The first-order valence-corrected chi connectivity index (χ1v) is 12.3. The number of benzene rings is 1. The normalized spacial score (nSPS) is 16.5. The van der Waals surface area contributed by atoms with Crippen molar-refractivity contribution in [3.05, 3.63) is 44.8 Å². The van der Waals surface area contributed by atoms with Crippen LogP contribution in [0.3, 0.4) is 0 Å². The first-order valence-electron chi connectivity index (χ1n) is 11.1. The first-order chi connectivity index (χ1) is 15.1. The number of hydrogen-bond donors (Lipinski definition) is 2. The molecule has 4 rings (SSSR count). The first kappa shape index (κ1) is 22.2. The fourth-order valence-corrected chi connectivity index (χ4v) is 6.13. The van der Waals surface area contributed by atoms with Crippen LogP contribution in [0.1, 0.15) is 71.3 Å². The third-order valence-corrected chi connectivity index (χ3v) is 7.78. The van der Waals surface area contributed by atoms with E-state index in [-0.39, 0.29) is 17.7 Å². The molecule has 1 heterocycles. The van der Waals surface area contributed by atoms with Gasteiger partial charge in [-0.05, 0) is 61.8 Å². The van der Waals surface area contributed by atoms with Crippen molar-refractivity contribution in [3.8, 4) is 5.75 Å². The lowest BCUT2D eigenvalue weighted by atomic mass is 9.88. The van der Waals surface area contributed by atoms with Crippen LogP contribution in [-0.4, -0.2) is 18.9 Å². The lowest BCUT2D eigenvalue weighted by Crippen LogP contribution is -2.28. The van der Waals surface area contributed by atoms with Gasteiger partial charge in [-0.15, -0.1) is 11.3 Å². The second-order valence-electron chi connectivity index (χ2n) is 8.39. The van der Waals surface area contributed by atoms with E-state index < -0.39 is 0 Å². The van der Waals surface area contributed by atoms with E-state index in [1.54, 1.807) is 30.6 Å². The van der Waals surface area contributed by atoms with Crippen LogP contribution in [-0.2, 0) is 24.2 Å². The van der Waals surface area contributed by atoms with Crippen LogP contribution in [0.2, 0.25) is 5.02 Å². The number of hydrogen-bond acceptors (Lipinski definition) is 4. The monoisotopic (exact) mass is 460 g/mol. The van der Waals surface area contributed by atoms with Crippen molar-refractivity contribution in [3.63, 3.8) is 0 Å². The van der Waals surface area contributed by atoms with Gasteiger partial charge in [0, 0.05) is 17.3 Å². The van der Waals surface area contributed by atoms with Gasteiger partial charge in [0.05, 0.1) is 17.7 Å². The van der Waals surface area contributed by atoms with Crippen LogP contribution < -0.4 is 15.4 Å². The SMILES string of the molecule is COc1ccc(CNC(=O)c2c(NC(=O)C3CCCCC3)sc3c2CCCC3)cc1Cl. The minimum Gasteiger partial charge on any atom is -0.495 e. The maximum Gasteiger partial charge on any atom is 0.254 e. The van der Waals surface area contributed by atoms with Crippen LogP contribution in [0.4, 0.5) is 5.00 Å². The summed E-state index contributed by atoms with van der Waals surface area (Å²) in [6, 6.07) is 5.49. The zero-order valence-corrected chi connectivity index (χ0v) is 19.5. The molecule has 0 atom stereocenters. The zero-order valence-electron chi connectivity index (χ0n) is 17.9. The minimum absolute atomic E-state index is 0.0604. The number of carbonyl (C=O) groups is 2. The molecule has 2 amide bonds. The third kappa shape index (κ3) is 5.07. The van der Waals surface area contributed by atoms with Crippen LogP contribution in [0.5, 0.6) is 5.75 Å². The quantitative estimate of drug-likeness (QED) is 0.577. The Labute approximate surface area is 192 Å². The molecular formula is C24H29ClN2O3S. The van der Waals surface area contributed by atoms with Gasteiger partial charge < -0.3 is 15.4 Å². The molecular weight excluding hydrogens is 432 g/mol. The number of amides is 2. The summed E-state index contributed by atoms with van der Waals surface area (Å²) in [5.74, 6) is 0.598. The average molecular weight is 461 g/mol. The Hall–Kier alpha value is -2.05. The van der Waals surface area contributed by atoms with E-state index in [9.17, 15) is 9.59 Å². The predicted octanol–water partition coefficient (Wildman–Crippen LogP) is 5.74. The second-order valence-corrected chi connectivity index (χ2v) is 9.90. The molecule has 1 aromatic carbocycles. The molecule has 5 nitrogen and oxygen atoms in total. The molecule has 0 unspecified atom stereocenters. The van der Waals surface area contributed by atoms with Crippen molar-refractivity contribution in [1.82, 2.24) is 5.32 Å². The summed E-state index contributed by atoms with van der Waals surface area (Å²) < 4.78 is 5.19. The summed E-state index contributed by atoms with van der Waals surface area (Å²) in [5.41, 5.74) is 2.67. The molecule has 1 saturated carbocycles. The molecule has 0 bridgehead atoms. The van der Waals surface area contributed by atoms with Crippen molar-refractivity contribution < 1.29 is 14.3 Å². The maximum absolute atomic E-state index is 13.2. The van der Waals surface area contributed by atoms with E-state index >= 15 is 0 Å². The fraction of sp³-hybridized carbons (Fsp3) is 0.500. The smallest absolute Gasteiger partial charge is 0.254 e. The Morgan fingerprint density at radius 1 is 1.13 bits per heavy atom. The van der Waals surface area contributed by atoms with Gasteiger partial charge in [0.2, 0.25) is 5.91 Å². The fourth-order valence-electron chi connectivity index (χ4n) is 4.56.